The third-order valence-corrected chi connectivity index (χ3v) is 4.20. The Balaban J connectivity index is 3.48. The number of ether oxygens (including phenoxy) is 1. The Morgan fingerprint density at radius 2 is 1.83 bits per heavy atom. The van der Waals surface area contributed by atoms with E-state index in [0.717, 1.165) is 6.07 Å². The molecule has 24 heavy (non-hydrogen) atoms. The Kier molecular flexibility index (Phi) is 5.88. The molecule has 1 rings (SSSR count). The van der Waals surface area contributed by atoms with Crippen LogP contribution >= 0.6 is 0 Å². The van der Waals surface area contributed by atoms with Crippen molar-refractivity contribution in [3.05, 3.63) is 29.1 Å². The third-order valence-electron chi connectivity index (χ3n) is 2.72. The van der Waals surface area contributed by atoms with Gasteiger partial charge in [-0.2, -0.15) is 13.2 Å². The molecule has 0 aliphatic carbocycles. The van der Waals surface area contributed by atoms with Crippen LogP contribution in [0.25, 0.3) is 0 Å². The van der Waals surface area contributed by atoms with Crippen LogP contribution in [0.2, 0.25) is 0 Å². The number of carbonyl (C=O) groups is 1. The van der Waals surface area contributed by atoms with Crippen molar-refractivity contribution in [3.63, 3.8) is 0 Å². The van der Waals surface area contributed by atoms with E-state index in [1.165, 1.54) is 6.92 Å². The number of halogens is 4. The van der Waals surface area contributed by atoms with Gasteiger partial charge in [0.15, 0.2) is 11.6 Å². The van der Waals surface area contributed by atoms with Gasteiger partial charge >= 0.3 is 12.3 Å². The van der Waals surface area contributed by atoms with Gasteiger partial charge in [-0.1, -0.05) is 4.40 Å². The van der Waals surface area contributed by atoms with Gasteiger partial charge in [-0.3, -0.25) is 0 Å². The van der Waals surface area contributed by atoms with Crippen LogP contribution in [0, 0.1) is 5.82 Å². The molecular formula is C14H16F4N2O3S. The number of hydrogen-bond donors (Lipinski definition) is 1. The van der Waals surface area contributed by atoms with E-state index in [1.807, 2.05) is 0 Å². The fraction of sp³-hybridized carbons (Fsp3) is 0.429. The third kappa shape index (κ3) is 5.10. The van der Waals surface area contributed by atoms with Crippen molar-refractivity contribution < 1.29 is 31.6 Å². The lowest BCUT2D eigenvalue weighted by atomic mass is 10.1. The van der Waals surface area contributed by atoms with Crippen LogP contribution in [-0.2, 0) is 17.5 Å². The summed E-state index contributed by atoms with van der Waals surface area (Å²) in [5.74, 6) is -2.75. The zero-order valence-electron chi connectivity index (χ0n) is 13.3. The summed E-state index contributed by atoms with van der Waals surface area (Å²) in [6.07, 6.45) is -6.49. The van der Waals surface area contributed by atoms with Crippen LogP contribution < -0.4 is 10.5 Å². The van der Waals surface area contributed by atoms with Crippen LogP contribution in [-0.4, -0.2) is 21.1 Å². The molecule has 0 aliphatic heterocycles. The van der Waals surface area contributed by atoms with E-state index < -0.39 is 45.5 Å². The van der Waals surface area contributed by atoms with Gasteiger partial charge in [0.05, 0.1) is 11.3 Å². The quantitative estimate of drug-likeness (QED) is 0.503. The van der Waals surface area contributed by atoms with Gasteiger partial charge in [-0.05, 0) is 39.8 Å². The number of nitrogens with zero attached hydrogens (tertiary/aromatic N) is 1. The highest BCUT2D eigenvalue weighted by molar-refractivity contribution is 7.91. The molecule has 2 N–H and O–H groups in total. The van der Waals surface area contributed by atoms with Crippen LogP contribution in [0.5, 0.6) is 5.75 Å². The molecule has 5 nitrogen and oxygen atoms in total. The molecule has 0 saturated heterocycles. The van der Waals surface area contributed by atoms with Crippen LogP contribution in [0.4, 0.5) is 22.4 Å². The molecule has 0 heterocycles. The Labute approximate surface area is 139 Å². The first kappa shape index (κ1) is 20.2. The predicted octanol–water partition coefficient (Wildman–Crippen LogP) is 3.57. The zero-order valence-corrected chi connectivity index (χ0v) is 14.1. The van der Waals surface area contributed by atoms with Crippen molar-refractivity contribution in [3.8, 4) is 5.75 Å². The SMILES string of the molecule is CC(=N[S+]([O-])C(C)(C)C)c1cc(OC(N)=O)c(F)c(C(F)(F)F)c1. The number of nitrogens with two attached hydrogens (primary N) is 1. The van der Waals surface area contributed by atoms with E-state index in [4.69, 9.17) is 5.73 Å². The van der Waals surface area contributed by atoms with Crippen LogP contribution in [0.15, 0.2) is 16.5 Å². The van der Waals surface area contributed by atoms with E-state index >= 15 is 0 Å². The maximum absolute atomic E-state index is 13.9. The van der Waals surface area contributed by atoms with Crippen LogP contribution in [0.3, 0.4) is 0 Å². The number of primary amides is 1. The molecule has 134 valence electrons. The first-order chi connectivity index (χ1) is 10.7. The van der Waals surface area contributed by atoms with Gasteiger partial charge in [-0.15, -0.1) is 0 Å². The summed E-state index contributed by atoms with van der Waals surface area (Å²) in [5, 5.41) is 0. The normalized spacial score (nSPS) is 14.5. The average Bonchev–Trinajstić information content (AvgIpc) is 2.37. The molecule has 0 spiro atoms. The number of carbonyl (C=O) groups excluding carboxylic acids is 1. The molecule has 10 heteroatoms. The average molecular weight is 368 g/mol. The van der Waals surface area contributed by atoms with Crippen LogP contribution in [0.1, 0.15) is 38.8 Å². The zero-order chi connectivity index (χ0) is 18.9. The minimum absolute atomic E-state index is 0.0388. The summed E-state index contributed by atoms with van der Waals surface area (Å²) < 4.78 is 72.1. The van der Waals surface area contributed by atoms with Gasteiger partial charge < -0.3 is 15.0 Å². The van der Waals surface area contributed by atoms with E-state index in [2.05, 4.69) is 9.13 Å². The fourth-order valence-electron chi connectivity index (χ4n) is 1.51. The largest absolute Gasteiger partial charge is 0.591 e. The maximum Gasteiger partial charge on any atom is 0.419 e. The predicted molar refractivity (Wildman–Crippen MR) is 81.7 cm³/mol. The van der Waals surface area contributed by atoms with Gasteiger partial charge in [-0.25, -0.2) is 9.18 Å². The summed E-state index contributed by atoms with van der Waals surface area (Å²) in [5.41, 5.74) is 2.85. The van der Waals surface area contributed by atoms with E-state index in [-0.39, 0.29) is 11.3 Å². The summed E-state index contributed by atoms with van der Waals surface area (Å²) in [6, 6.07) is 1.34. The van der Waals surface area contributed by atoms with Crippen molar-refractivity contribution in [2.75, 3.05) is 0 Å². The molecule has 0 radical (unpaired) electrons. The second-order valence-corrected chi connectivity index (χ2v) is 7.70. The van der Waals surface area contributed by atoms with Crippen molar-refractivity contribution in [2.24, 2.45) is 10.1 Å². The number of hydrogen-bond acceptors (Lipinski definition) is 4. The highest BCUT2D eigenvalue weighted by Gasteiger charge is 2.37. The molecule has 0 aliphatic rings. The summed E-state index contributed by atoms with van der Waals surface area (Å²) in [6.45, 7) is 6.21. The minimum Gasteiger partial charge on any atom is -0.591 e. The van der Waals surface area contributed by atoms with Crippen molar-refractivity contribution in [2.45, 2.75) is 38.6 Å². The molecule has 1 atom stereocenters. The molecule has 0 bridgehead atoms. The first-order valence-corrected chi connectivity index (χ1v) is 7.70. The molecule has 0 aromatic heterocycles. The van der Waals surface area contributed by atoms with Gasteiger partial charge in [0.25, 0.3) is 0 Å². The summed E-state index contributed by atoms with van der Waals surface area (Å²) >= 11 is -1.74. The lowest BCUT2D eigenvalue weighted by Crippen LogP contribution is -2.26. The molecule has 1 aromatic carbocycles. The number of rotatable bonds is 3. The number of amides is 1. The molecule has 1 amide bonds. The smallest absolute Gasteiger partial charge is 0.419 e. The van der Waals surface area contributed by atoms with E-state index in [0.29, 0.717) is 6.07 Å². The molecule has 1 aromatic rings. The standard InChI is InChI=1S/C14H16F4N2O3S/c1-7(20-24(22)13(2,3)4)8-5-9(14(16,17)18)11(15)10(6-8)23-12(19)21/h5-6H,1-4H3,(H2,19,21). The topological polar surface area (TPSA) is 87.7 Å². The number of benzene rings is 1. The lowest BCUT2D eigenvalue weighted by molar-refractivity contribution is -0.140. The Bertz CT molecular complexity index is 669. The van der Waals surface area contributed by atoms with E-state index in [1.54, 1.807) is 20.8 Å². The Morgan fingerprint density at radius 1 is 1.29 bits per heavy atom. The Hall–Kier alpha value is -1.81. The van der Waals surface area contributed by atoms with Gasteiger partial charge in [0, 0.05) is 5.56 Å². The first-order valence-electron chi connectivity index (χ1n) is 6.59. The second-order valence-electron chi connectivity index (χ2n) is 5.79. The monoisotopic (exact) mass is 368 g/mol. The maximum atomic E-state index is 13.9. The van der Waals surface area contributed by atoms with Crippen molar-refractivity contribution in [1.82, 2.24) is 0 Å². The number of alkyl halides is 3. The second kappa shape index (κ2) is 6.98. The highest BCUT2D eigenvalue weighted by Crippen LogP contribution is 2.36. The molecule has 0 saturated carbocycles. The lowest BCUT2D eigenvalue weighted by Gasteiger charge is -2.19. The molecular weight excluding hydrogens is 352 g/mol. The molecule has 0 fully saturated rings. The minimum atomic E-state index is -5.03. The van der Waals surface area contributed by atoms with Gasteiger partial charge in [0.2, 0.25) is 0 Å². The summed E-state index contributed by atoms with van der Waals surface area (Å²) in [4.78, 5) is 10.7. The van der Waals surface area contributed by atoms with Gasteiger partial charge in [0.1, 0.15) is 16.1 Å². The fourth-order valence-corrected chi connectivity index (χ4v) is 2.14. The highest BCUT2D eigenvalue weighted by atomic mass is 32.2. The van der Waals surface area contributed by atoms with E-state index in [9.17, 15) is 26.9 Å². The Morgan fingerprint density at radius 3 is 2.25 bits per heavy atom. The van der Waals surface area contributed by atoms with Crippen molar-refractivity contribution >= 4 is 23.2 Å². The summed E-state index contributed by atoms with van der Waals surface area (Å²) in [7, 11) is 0. The molecule has 1 unspecified atom stereocenters. The van der Waals surface area contributed by atoms with Crippen molar-refractivity contribution in [1.29, 1.82) is 0 Å².